The van der Waals surface area contributed by atoms with Crippen molar-refractivity contribution >= 4 is 0 Å². The van der Waals surface area contributed by atoms with Gasteiger partial charge in [-0.25, -0.2) is 4.98 Å². The molecule has 1 rings (SSSR count). The van der Waals surface area contributed by atoms with Gasteiger partial charge in [-0.1, -0.05) is 26.7 Å². The van der Waals surface area contributed by atoms with E-state index in [1.807, 2.05) is 6.20 Å². The summed E-state index contributed by atoms with van der Waals surface area (Å²) in [6, 6.07) is 0.697. The van der Waals surface area contributed by atoms with Crippen molar-refractivity contribution in [1.29, 1.82) is 0 Å². The van der Waals surface area contributed by atoms with Gasteiger partial charge in [-0.15, -0.1) is 0 Å². The van der Waals surface area contributed by atoms with Gasteiger partial charge in [-0.2, -0.15) is 0 Å². The van der Waals surface area contributed by atoms with Crippen LogP contribution < -0.4 is 5.32 Å². The Balaban J connectivity index is 2.15. The molecular weight excluding hydrogens is 186 g/mol. The van der Waals surface area contributed by atoms with E-state index in [0.717, 1.165) is 13.0 Å². The Morgan fingerprint density at radius 2 is 2.07 bits per heavy atom. The van der Waals surface area contributed by atoms with Gasteiger partial charge >= 0.3 is 0 Å². The average molecular weight is 209 g/mol. The molecule has 0 aliphatic rings. The van der Waals surface area contributed by atoms with Crippen LogP contribution in [-0.4, -0.2) is 22.6 Å². The van der Waals surface area contributed by atoms with E-state index in [-0.39, 0.29) is 0 Å². The van der Waals surface area contributed by atoms with Crippen LogP contribution >= 0.6 is 0 Å². The van der Waals surface area contributed by atoms with Crippen molar-refractivity contribution in [1.82, 2.24) is 15.3 Å². The second-order valence-corrected chi connectivity index (χ2v) is 4.06. The Morgan fingerprint density at radius 3 is 2.60 bits per heavy atom. The largest absolute Gasteiger partial charge is 0.348 e. The van der Waals surface area contributed by atoms with Crippen LogP contribution in [-0.2, 0) is 6.42 Å². The lowest BCUT2D eigenvalue weighted by atomic mass is 10.1. The maximum absolute atomic E-state index is 4.01. The fraction of sp³-hybridized carbons (Fsp3) is 0.750. The van der Waals surface area contributed by atoms with Crippen LogP contribution in [0.25, 0.3) is 0 Å². The highest BCUT2D eigenvalue weighted by Crippen LogP contribution is 2.04. The minimum Gasteiger partial charge on any atom is -0.348 e. The molecule has 0 bridgehead atoms. The van der Waals surface area contributed by atoms with E-state index in [1.165, 1.54) is 31.4 Å². The SMILES string of the molecule is CCCC(CCC)NCCc1cnc[nH]1. The summed E-state index contributed by atoms with van der Waals surface area (Å²) >= 11 is 0. The summed E-state index contributed by atoms with van der Waals surface area (Å²) in [5.74, 6) is 0. The fourth-order valence-electron chi connectivity index (χ4n) is 1.88. The summed E-state index contributed by atoms with van der Waals surface area (Å²) in [5, 5.41) is 3.61. The molecule has 0 saturated carbocycles. The van der Waals surface area contributed by atoms with Gasteiger partial charge in [0.1, 0.15) is 0 Å². The molecule has 1 aromatic heterocycles. The van der Waals surface area contributed by atoms with Crippen molar-refractivity contribution in [3.63, 3.8) is 0 Å². The molecule has 2 N–H and O–H groups in total. The van der Waals surface area contributed by atoms with Crippen molar-refractivity contribution in [3.8, 4) is 0 Å². The molecule has 3 heteroatoms. The van der Waals surface area contributed by atoms with Gasteiger partial charge in [0.2, 0.25) is 0 Å². The molecule has 0 fully saturated rings. The monoisotopic (exact) mass is 209 g/mol. The zero-order chi connectivity index (χ0) is 10.9. The summed E-state index contributed by atoms with van der Waals surface area (Å²) in [6.07, 6.45) is 9.79. The van der Waals surface area contributed by atoms with E-state index >= 15 is 0 Å². The molecule has 0 aliphatic heterocycles. The molecule has 0 amide bonds. The van der Waals surface area contributed by atoms with E-state index in [4.69, 9.17) is 0 Å². The van der Waals surface area contributed by atoms with E-state index in [1.54, 1.807) is 6.33 Å². The molecule has 1 aromatic rings. The molecule has 1 heterocycles. The second-order valence-electron chi connectivity index (χ2n) is 4.06. The maximum Gasteiger partial charge on any atom is 0.0921 e. The van der Waals surface area contributed by atoms with Crippen molar-refractivity contribution < 1.29 is 0 Å². The molecule has 15 heavy (non-hydrogen) atoms. The van der Waals surface area contributed by atoms with Gasteiger partial charge in [0.15, 0.2) is 0 Å². The van der Waals surface area contributed by atoms with Crippen LogP contribution in [0.5, 0.6) is 0 Å². The molecule has 0 aliphatic carbocycles. The zero-order valence-corrected chi connectivity index (χ0v) is 9.92. The molecule has 0 spiro atoms. The minimum absolute atomic E-state index is 0.697. The predicted octanol–water partition coefficient (Wildman–Crippen LogP) is 2.51. The number of nitrogens with zero attached hydrogens (tertiary/aromatic N) is 1. The van der Waals surface area contributed by atoms with E-state index < -0.39 is 0 Å². The van der Waals surface area contributed by atoms with Gasteiger partial charge in [0.25, 0.3) is 0 Å². The van der Waals surface area contributed by atoms with E-state index in [9.17, 15) is 0 Å². The average Bonchev–Trinajstić information content (AvgIpc) is 2.71. The van der Waals surface area contributed by atoms with Crippen molar-refractivity contribution in [2.24, 2.45) is 0 Å². The van der Waals surface area contributed by atoms with Gasteiger partial charge in [0.05, 0.1) is 6.33 Å². The third kappa shape index (κ3) is 4.98. The number of imidazole rings is 1. The first-order chi connectivity index (χ1) is 7.36. The Labute approximate surface area is 92.7 Å². The summed E-state index contributed by atoms with van der Waals surface area (Å²) in [4.78, 5) is 7.13. The van der Waals surface area contributed by atoms with Crippen molar-refractivity contribution in [3.05, 3.63) is 18.2 Å². The topological polar surface area (TPSA) is 40.7 Å². The number of nitrogens with one attached hydrogen (secondary N) is 2. The van der Waals surface area contributed by atoms with Gasteiger partial charge < -0.3 is 10.3 Å². The highest BCUT2D eigenvalue weighted by atomic mass is 14.9. The first kappa shape index (κ1) is 12.2. The summed E-state index contributed by atoms with van der Waals surface area (Å²) in [7, 11) is 0. The Kier molecular flexibility index (Phi) is 6.09. The first-order valence-electron chi connectivity index (χ1n) is 6.07. The quantitative estimate of drug-likeness (QED) is 0.690. The lowest BCUT2D eigenvalue weighted by molar-refractivity contribution is 0.446. The Hall–Kier alpha value is -0.830. The third-order valence-corrected chi connectivity index (χ3v) is 2.66. The molecule has 0 saturated heterocycles. The van der Waals surface area contributed by atoms with Crippen LogP contribution in [0.2, 0.25) is 0 Å². The standard InChI is InChI=1S/C12H23N3/c1-3-5-11(6-4-2)14-8-7-12-9-13-10-15-12/h9-11,14H,3-8H2,1-2H3,(H,13,15). The van der Waals surface area contributed by atoms with Gasteiger partial charge in [0, 0.05) is 30.9 Å². The van der Waals surface area contributed by atoms with Crippen LogP contribution in [0.4, 0.5) is 0 Å². The normalized spacial score (nSPS) is 11.1. The number of hydrogen-bond donors (Lipinski definition) is 2. The molecule has 3 nitrogen and oxygen atoms in total. The van der Waals surface area contributed by atoms with Gasteiger partial charge in [-0.05, 0) is 12.8 Å². The van der Waals surface area contributed by atoms with E-state index in [2.05, 4.69) is 29.1 Å². The minimum atomic E-state index is 0.697. The lowest BCUT2D eigenvalue weighted by Gasteiger charge is -2.16. The smallest absolute Gasteiger partial charge is 0.0921 e. The molecule has 0 unspecified atom stereocenters. The summed E-state index contributed by atoms with van der Waals surface area (Å²) in [5.41, 5.74) is 1.22. The molecular formula is C12H23N3. The van der Waals surface area contributed by atoms with E-state index in [0.29, 0.717) is 6.04 Å². The Bertz CT molecular complexity index is 225. The highest BCUT2D eigenvalue weighted by molar-refractivity contribution is 4.94. The molecule has 86 valence electrons. The molecule has 0 atom stereocenters. The predicted molar refractivity (Wildman–Crippen MR) is 63.9 cm³/mol. The zero-order valence-electron chi connectivity index (χ0n) is 9.92. The highest BCUT2D eigenvalue weighted by Gasteiger charge is 2.05. The van der Waals surface area contributed by atoms with Crippen LogP contribution in [0.1, 0.15) is 45.2 Å². The van der Waals surface area contributed by atoms with Crippen LogP contribution in [0.3, 0.4) is 0 Å². The number of rotatable bonds is 8. The number of aromatic nitrogens is 2. The van der Waals surface area contributed by atoms with Crippen molar-refractivity contribution in [2.45, 2.75) is 52.0 Å². The number of aromatic amines is 1. The first-order valence-corrected chi connectivity index (χ1v) is 6.07. The molecule has 0 aromatic carbocycles. The number of hydrogen-bond acceptors (Lipinski definition) is 2. The van der Waals surface area contributed by atoms with Gasteiger partial charge in [-0.3, -0.25) is 0 Å². The van der Waals surface area contributed by atoms with Crippen molar-refractivity contribution in [2.75, 3.05) is 6.54 Å². The lowest BCUT2D eigenvalue weighted by Crippen LogP contribution is -2.30. The molecule has 0 radical (unpaired) electrons. The maximum atomic E-state index is 4.01. The van der Waals surface area contributed by atoms with Crippen LogP contribution in [0, 0.1) is 0 Å². The number of H-pyrrole nitrogens is 1. The summed E-state index contributed by atoms with van der Waals surface area (Å²) in [6.45, 7) is 5.55. The third-order valence-electron chi connectivity index (χ3n) is 2.66. The van der Waals surface area contributed by atoms with Crippen LogP contribution in [0.15, 0.2) is 12.5 Å². The summed E-state index contributed by atoms with van der Waals surface area (Å²) < 4.78 is 0. The fourth-order valence-corrected chi connectivity index (χ4v) is 1.88. The second kappa shape index (κ2) is 7.46. The Morgan fingerprint density at radius 1 is 1.33 bits per heavy atom.